The molecule has 1 fully saturated rings. The summed E-state index contributed by atoms with van der Waals surface area (Å²) >= 11 is 5.71. The van der Waals surface area contributed by atoms with Gasteiger partial charge in [-0.3, -0.25) is 28.8 Å². The highest BCUT2D eigenvalue weighted by molar-refractivity contribution is 7.98. The molecule has 1 aliphatic heterocycles. The number of carboxylic acids is 1. The number of rotatable bonds is 21. The van der Waals surface area contributed by atoms with Crippen molar-refractivity contribution in [3.63, 3.8) is 0 Å². The van der Waals surface area contributed by atoms with E-state index in [4.69, 9.17) is 5.73 Å². The number of amides is 6. The van der Waals surface area contributed by atoms with Crippen LogP contribution in [0.5, 0.6) is 0 Å². The Bertz CT molecular complexity index is 1130. The highest BCUT2D eigenvalue weighted by atomic mass is 32.2. The molecule has 1 aliphatic rings. The molecular formula is C31H55N7O8S2. The fraction of sp³-hybridized carbons (Fsp3) is 0.774. The number of nitrogens with one attached hydrogen (secondary N) is 5. The zero-order valence-electron chi connectivity index (χ0n) is 28.9. The molecule has 15 nitrogen and oxygen atoms in total. The average Bonchev–Trinajstić information content (AvgIpc) is 3.52. The van der Waals surface area contributed by atoms with Gasteiger partial charge in [0, 0.05) is 12.3 Å². The van der Waals surface area contributed by atoms with E-state index in [1.54, 1.807) is 6.92 Å². The Kier molecular flexibility index (Phi) is 19.5. The first kappa shape index (κ1) is 43.0. The molecule has 0 radical (unpaired) electrons. The first-order valence-electron chi connectivity index (χ1n) is 16.4. The van der Waals surface area contributed by atoms with Gasteiger partial charge in [-0.25, -0.2) is 4.79 Å². The lowest BCUT2D eigenvalue weighted by Gasteiger charge is -2.31. The fourth-order valence-corrected chi connectivity index (χ4v) is 6.00. The maximum atomic E-state index is 13.6. The van der Waals surface area contributed by atoms with Crippen molar-refractivity contribution in [3.05, 3.63) is 0 Å². The average molecular weight is 718 g/mol. The first-order chi connectivity index (χ1) is 22.6. The lowest BCUT2D eigenvalue weighted by Crippen LogP contribution is -2.59. The minimum atomic E-state index is -1.17. The van der Waals surface area contributed by atoms with Crippen LogP contribution in [0.2, 0.25) is 0 Å². The summed E-state index contributed by atoms with van der Waals surface area (Å²) in [5.74, 6) is -4.09. The third-order valence-corrected chi connectivity index (χ3v) is 8.80. The summed E-state index contributed by atoms with van der Waals surface area (Å²) in [6.45, 7) is 9.13. The molecule has 48 heavy (non-hydrogen) atoms. The summed E-state index contributed by atoms with van der Waals surface area (Å²) in [5.41, 5.74) is 5.40. The lowest BCUT2D eigenvalue weighted by molar-refractivity contribution is -0.142. The maximum Gasteiger partial charge on any atom is 0.326 e. The van der Waals surface area contributed by atoms with Crippen LogP contribution in [0.25, 0.3) is 0 Å². The minimum absolute atomic E-state index is 0.0264. The number of nitrogens with zero attached hydrogens (tertiary/aromatic N) is 1. The Morgan fingerprint density at radius 3 is 1.83 bits per heavy atom. The summed E-state index contributed by atoms with van der Waals surface area (Å²) in [6, 6.07) is -6.08. The van der Waals surface area contributed by atoms with E-state index in [1.165, 1.54) is 16.7 Å². The van der Waals surface area contributed by atoms with Gasteiger partial charge in [0.05, 0.1) is 6.54 Å². The number of likely N-dealkylation sites (tertiary alicyclic amines) is 1. The topological polar surface area (TPSA) is 229 Å². The van der Waals surface area contributed by atoms with E-state index in [2.05, 4.69) is 39.2 Å². The van der Waals surface area contributed by atoms with E-state index >= 15 is 0 Å². The molecule has 0 saturated carbocycles. The number of thioether (sulfide) groups is 1. The van der Waals surface area contributed by atoms with Gasteiger partial charge in [0.25, 0.3) is 0 Å². The SMILES string of the molecule is CC[C@H](NC(=O)[C@H](CC(C)C)NC(=O)[C@@H]1CCCN1C(=O)[C@H](CS)NC(=O)[C@H](CC(C)C)NC(=O)CN)C(=O)N[C@@H](CCSC)C(=O)O. The van der Waals surface area contributed by atoms with Crippen molar-refractivity contribution in [2.75, 3.05) is 30.9 Å². The molecule has 0 aliphatic carbocycles. The molecule has 1 heterocycles. The monoisotopic (exact) mass is 717 g/mol. The molecule has 274 valence electrons. The van der Waals surface area contributed by atoms with Gasteiger partial charge in [0.15, 0.2) is 0 Å². The zero-order chi connectivity index (χ0) is 36.6. The highest BCUT2D eigenvalue weighted by Gasteiger charge is 2.39. The van der Waals surface area contributed by atoms with Gasteiger partial charge >= 0.3 is 5.97 Å². The van der Waals surface area contributed by atoms with Crippen LogP contribution in [0.3, 0.4) is 0 Å². The number of hydrogen-bond acceptors (Lipinski definition) is 10. The number of carbonyl (C=O) groups excluding carboxylic acids is 6. The molecule has 1 saturated heterocycles. The zero-order valence-corrected chi connectivity index (χ0v) is 30.6. The minimum Gasteiger partial charge on any atom is -0.480 e. The van der Waals surface area contributed by atoms with Crippen LogP contribution in [-0.2, 0) is 33.6 Å². The normalized spacial score (nSPS) is 17.5. The van der Waals surface area contributed by atoms with Crippen molar-refractivity contribution < 1.29 is 38.7 Å². The molecule has 6 atom stereocenters. The van der Waals surface area contributed by atoms with E-state index in [0.29, 0.717) is 25.0 Å². The number of carbonyl (C=O) groups is 7. The molecule has 0 unspecified atom stereocenters. The van der Waals surface area contributed by atoms with Crippen molar-refractivity contribution >= 4 is 65.8 Å². The van der Waals surface area contributed by atoms with Crippen LogP contribution in [-0.4, -0.2) is 119 Å². The van der Waals surface area contributed by atoms with E-state index in [0.717, 1.165) is 0 Å². The van der Waals surface area contributed by atoms with Crippen LogP contribution >= 0.6 is 24.4 Å². The molecule has 0 aromatic carbocycles. The van der Waals surface area contributed by atoms with E-state index < -0.39 is 77.7 Å². The smallest absolute Gasteiger partial charge is 0.326 e. The molecule has 8 N–H and O–H groups in total. The summed E-state index contributed by atoms with van der Waals surface area (Å²) in [5, 5.41) is 22.6. The van der Waals surface area contributed by atoms with Crippen molar-refractivity contribution in [1.29, 1.82) is 0 Å². The number of aliphatic carboxylic acids is 1. The van der Waals surface area contributed by atoms with Gasteiger partial charge in [-0.2, -0.15) is 24.4 Å². The maximum absolute atomic E-state index is 13.6. The quantitative estimate of drug-likeness (QED) is 0.0719. The largest absolute Gasteiger partial charge is 0.480 e. The Morgan fingerprint density at radius 2 is 1.35 bits per heavy atom. The third-order valence-electron chi connectivity index (χ3n) is 7.79. The molecule has 1 rings (SSSR count). The van der Waals surface area contributed by atoms with Crippen LogP contribution < -0.4 is 32.3 Å². The van der Waals surface area contributed by atoms with Gasteiger partial charge < -0.3 is 42.3 Å². The number of thiol groups is 1. The third kappa shape index (κ3) is 14.2. The molecule has 17 heteroatoms. The summed E-state index contributed by atoms with van der Waals surface area (Å²) in [6.07, 6.45) is 3.63. The Labute approximate surface area is 293 Å². The summed E-state index contributed by atoms with van der Waals surface area (Å²) < 4.78 is 0. The fourth-order valence-electron chi connectivity index (χ4n) is 5.28. The lowest BCUT2D eigenvalue weighted by atomic mass is 10.0. The van der Waals surface area contributed by atoms with Crippen LogP contribution in [0, 0.1) is 11.8 Å². The van der Waals surface area contributed by atoms with Gasteiger partial charge in [0.2, 0.25) is 35.4 Å². The molecule has 0 aromatic rings. The van der Waals surface area contributed by atoms with Crippen molar-refractivity contribution in [1.82, 2.24) is 31.5 Å². The van der Waals surface area contributed by atoms with E-state index in [1.807, 2.05) is 34.0 Å². The number of nitrogens with two attached hydrogens (primary N) is 1. The Balaban J connectivity index is 3.05. The molecule has 0 aromatic heterocycles. The van der Waals surface area contributed by atoms with Crippen LogP contribution in [0.1, 0.15) is 73.1 Å². The number of hydrogen-bond donors (Lipinski definition) is 8. The first-order valence-corrected chi connectivity index (χ1v) is 18.5. The summed E-state index contributed by atoms with van der Waals surface area (Å²) in [7, 11) is 0. The molecule has 6 amide bonds. The Hall–Kier alpha value is -3.05. The van der Waals surface area contributed by atoms with Gasteiger partial charge in [0.1, 0.15) is 36.3 Å². The van der Waals surface area contributed by atoms with Crippen LogP contribution in [0.4, 0.5) is 0 Å². The second kappa shape index (κ2) is 21.8. The standard InChI is InChI=1S/C31H55N7O8S2/c1-7-19(26(40)35-20(31(45)46)10-12-48-6)34-28(42)22(14-18(4)5)36-29(43)24-9-8-11-38(24)30(44)23(16-47)37-27(41)21(13-17(2)3)33-25(39)15-32/h17-24,47H,7-16,32H2,1-6H3,(H,33,39)(H,34,42)(H,35,40)(H,36,43)(H,37,41)(H,45,46)/t19-,20-,21-,22-,23-,24-/m0/s1. The summed E-state index contributed by atoms with van der Waals surface area (Å²) in [4.78, 5) is 91.6. The second-order valence-corrected chi connectivity index (χ2v) is 14.1. The second-order valence-electron chi connectivity index (χ2n) is 12.7. The van der Waals surface area contributed by atoms with Crippen molar-refractivity contribution in [2.24, 2.45) is 17.6 Å². The highest BCUT2D eigenvalue weighted by Crippen LogP contribution is 2.20. The molecular weight excluding hydrogens is 663 g/mol. The van der Waals surface area contributed by atoms with Gasteiger partial charge in [-0.15, -0.1) is 0 Å². The predicted octanol–water partition coefficient (Wildman–Crippen LogP) is -0.370. The van der Waals surface area contributed by atoms with Gasteiger partial charge in [-0.05, 0) is 62.4 Å². The molecule has 0 spiro atoms. The van der Waals surface area contributed by atoms with Crippen molar-refractivity contribution in [3.8, 4) is 0 Å². The van der Waals surface area contributed by atoms with E-state index in [-0.39, 0.29) is 49.9 Å². The van der Waals surface area contributed by atoms with E-state index in [9.17, 15) is 38.7 Å². The van der Waals surface area contributed by atoms with Gasteiger partial charge in [-0.1, -0.05) is 34.6 Å². The predicted molar refractivity (Wildman–Crippen MR) is 187 cm³/mol. The van der Waals surface area contributed by atoms with Crippen LogP contribution in [0.15, 0.2) is 0 Å². The van der Waals surface area contributed by atoms with Crippen molar-refractivity contribution in [2.45, 2.75) is 109 Å². The molecule has 0 bridgehead atoms. The Morgan fingerprint density at radius 1 is 0.833 bits per heavy atom. The number of carboxylic acid groups (broad SMARTS) is 1.